The highest BCUT2D eigenvalue weighted by molar-refractivity contribution is 5.68. The number of rotatable bonds is 8. The average Bonchev–Trinajstić information content (AvgIpc) is 3.04. The van der Waals surface area contributed by atoms with Crippen LogP contribution in [0, 0.1) is 0 Å². The van der Waals surface area contributed by atoms with Crippen molar-refractivity contribution in [2.45, 2.75) is 31.9 Å². The summed E-state index contributed by atoms with van der Waals surface area (Å²) in [4.78, 5) is 25.6. The molecule has 0 aliphatic rings. The molecule has 0 radical (unpaired) electrons. The van der Waals surface area contributed by atoms with Gasteiger partial charge >= 0.3 is 12.1 Å². The molecule has 1 aromatic carbocycles. The van der Waals surface area contributed by atoms with Gasteiger partial charge in [-0.25, -0.2) is 4.79 Å². The number of carboxylic acid groups (broad SMARTS) is 1. The lowest BCUT2D eigenvalue weighted by Gasteiger charge is -2.17. The number of aromatic nitrogens is 1. The Bertz CT molecular complexity index is 611. The first-order valence-electron chi connectivity index (χ1n) is 7.44. The maximum Gasteiger partial charge on any atom is 0.407 e. The van der Waals surface area contributed by atoms with Crippen molar-refractivity contribution in [2.24, 2.45) is 0 Å². The van der Waals surface area contributed by atoms with Crippen LogP contribution in [-0.2, 0) is 22.6 Å². The number of alkyl carbamates (subject to hydrolysis) is 1. The molecule has 1 heterocycles. The van der Waals surface area contributed by atoms with E-state index in [1.54, 1.807) is 6.20 Å². The Morgan fingerprint density at radius 1 is 1.17 bits per heavy atom. The highest BCUT2D eigenvalue weighted by Gasteiger charge is 2.16. The van der Waals surface area contributed by atoms with E-state index in [2.05, 4.69) is 10.3 Å². The minimum absolute atomic E-state index is 0.00590. The average molecular weight is 316 g/mol. The number of carbonyl (C=O) groups is 2. The van der Waals surface area contributed by atoms with Gasteiger partial charge in [-0.1, -0.05) is 30.3 Å². The molecule has 3 N–H and O–H groups in total. The van der Waals surface area contributed by atoms with Crippen molar-refractivity contribution < 1.29 is 19.4 Å². The quantitative estimate of drug-likeness (QED) is 0.698. The van der Waals surface area contributed by atoms with Crippen LogP contribution in [0.15, 0.2) is 48.8 Å². The molecule has 6 heteroatoms. The van der Waals surface area contributed by atoms with E-state index in [4.69, 9.17) is 9.84 Å². The molecule has 0 aliphatic heterocycles. The molecule has 1 atom stereocenters. The van der Waals surface area contributed by atoms with Crippen molar-refractivity contribution in [3.63, 3.8) is 0 Å². The fourth-order valence-electron chi connectivity index (χ4n) is 2.22. The highest BCUT2D eigenvalue weighted by atomic mass is 16.5. The minimum atomic E-state index is -0.886. The number of hydrogen-bond acceptors (Lipinski definition) is 3. The van der Waals surface area contributed by atoms with E-state index in [1.807, 2.05) is 42.6 Å². The fourth-order valence-corrected chi connectivity index (χ4v) is 2.22. The molecule has 1 unspecified atom stereocenters. The molecule has 23 heavy (non-hydrogen) atoms. The van der Waals surface area contributed by atoms with Crippen molar-refractivity contribution in [3.8, 4) is 0 Å². The van der Waals surface area contributed by atoms with E-state index in [0.717, 1.165) is 11.1 Å². The van der Waals surface area contributed by atoms with E-state index in [-0.39, 0.29) is 19.1 Å². The van der Waals surface area contributed by atoms with E-state index in [1.165, 1.54) is 0 Å². The Labute approximate surface area is 134 Å². The fraction of sp³-hybridized carbons (Fsp3) is 0.294. The van der Waals surface area contributed by atoms with Gasteiger partial charge < -0.3 is 20.1 Å². The predicted molar refractivity (Wildman–Crippen MR) is 84.9 cm³/mol. The molecule has 1 aromatic heterocycles. The van der Waals surface area contributed by atoms with Gasteiger partial charge in [0.25, 0.3) is 0 Å². The minimum Gasteiger partial charge on any atom is -0.481 e. The Hall–Kier alpha value is -2.76. The Balaban J connectivity index is 1.85. The van der Waals surface area contributed by atoms with Crippen molar-refractivity contribution >= 4 is 12.1 Å². The number of aliphatic carboxylic acids is 1. The van der Waals surface area contributed by atoms with Gasteiger partial charge in [-0.05, 0) is 30.0 Å². The Kier molecular flexibility index (Phi) is 6.23. The second-order valence-corrected chi connectivity index (χ2v) is 5.26. The smallest absolute Gasteiger partial charge is 0.407 e. The number of H-pyrrole nitrogens is 1. The molecule has 0 spiro atoms. The molecule has 1 amide bonds. The van der Waals surface area contributed by atoms with Crippen LogP contribution in [0.5, 0.6) is 0 Å². The lowest BCUT2D eigenvalue weighted by molar-refractivity contribution is -0.137. The van der Waals surface area contributed by atoms with Crippen molar-refractivity contribution in [1.82, 2.24) is 10.3 Å². The zero-order chi connectivity index (χ0) is 16.5. The second kappa shape index (κ2) is 8.63. The second-order valence-electron chi connectivity index (χ2n) is 5.26. The van der Waals surface area contributed by atoms with Gasteiger partial charge in [0.15, 0.2) is 0 Å². The summed E-state index contributed by atoms with van der Waals surface area (Å²) in [6.45, 7) is 0.183. The van der Waals surface area contributed by atoms with E-state index < -0.39 is 12.1 Å². The summed E-state index contributed by atoms with van der Waals surface area (Å²) in [6, 6.07) is 11.0. The predicted octanol–water partition coefficient (Wildman–Crippen LogP) is 2.72. The molecule has 2 rings (SSSR count). The van der Waals surface area contributed by atoms with Crippen LogP contribution in [0.4, 0.5) is 4.79 Å². The summed E-state index contributed by atoms with van der Waals surface area (Å²) in [6.07, 6.45) is 3.97. The largest absolute Gasteiger partial charge is 0.481 e. The van der Waals surface area contributed by atoms with Crippen LogP contribution < -0.4 is 5.32 Å². The van der Waals surface area contributed by atoms with Crippen LogP contribution in [-0.4, -0.2) is 28.2 Å². The molecule has 0 saturated carbocycles. The highest BCUT2D eigenvalue weighted by Crippen LogP contribution is 2.08. The Morgan fingerprint density at radius 2 is 1.96 bits per heavy atom. The van der Waals surface area contributed by atoms with Crippen molar-refractivity contribution in [3.05, 3.63) is 59.9 Å². The number of ether oxygens (including phenoxy) is 1. The lowest BCUT2D eigenvalue weighted by Crippen LogP contribution is -2.37. The summed E-state index contributed by atoms with van der Waals surface area (Å²) in [5, 5.41) is 11.6. The number of benzene rings is 1. The number of nitrogens with one attached hydrogen (secondary N) is 2. The van der Waals surface area contributed by atoms with Gasteiger partial charge in [0.05, 0.1) is 0 Å². The van der Waals surface area contributed by atoms with Gasteiger partial charge in [-0.3, -0.25) is 4.79 Å². The summed E-state index contributed by atoms with van der Waals surface area (Å²) in [5.74, 6) is -0.886. The summed E-state index contributed by atoms with van der Waals surface area (Å²) in [5.41, 5.74) is 1.90. The van der Waals surface area contributed by atoms with Crippen molar-refractivity contribution in [2.75, 3.05) is 0 Å². The molecule has 122 valence electrons. The lowest BCUT2D eigenvalue weighted by atomic mass is 10.0. The normalized spacial score (nSPS) is 11.7. The molecule has 0 aliphatic carbocycles. The van der Waals surface area contributed by atoms with Gasteiger partial charge in [0, 0.05) is 24.9 Å². The first-order valence-corrected chi connectivity index (χ1v) is 7.44. The molecule has 0 fully saturated rings. The number of carboxylic acids is 1. The molecular formula is C17H20N2O4. The standard InChI is InChI=1S/C17H20N2O4/c20-16(21)7-6-15(10-14-8-9-18-11-14)19-17(22)23-12-13-4-2-1-3-5-13/h1-5,8-9,11,15,18H,6-7,10,12H2,(H,19,22)(H,20,21). The third kappa shape index (κ3) is 6.25. The monoisotopic (exact) mass is 316 g/mol. The maximum atomic E-state index is 11.9. The molecule has 0 bridgehead atoms. The first kappa shape index (κ1) is 16.6. The maximum absolute atomic E-state index is 11.9. The first-order chi connectivity index (χ1) is 11.1. The van der Waals surface area contributed by atoms with E-state index >= 15 is 0 Å². The van der Waals surface area contributed by atoms with E-state index in [9.17, 15) is 9.59 Å². The molecule has 6 nitrogen and oxygen atoms in total. The third-order valence-electron chi connectivity index (χ3n) is 3.39. The van der Waals surface area contributed by atoms with Crippen LogP contribution in [0.3, 0.4) is 0 Å². The third-order valence-corrected chi connectivity index (χ3v) is 3.39. The Morgan fingerprint density at radius 3 is 2.61 bits per heavy atom. The number of aromatic amines is 1. The molecule has 2 aromatic rings. The number of carbonyl (C=O) groups excluding carboxylic acids is 1. The topological polar surface area (TPSA) is 91.4 Å². The van der Waals surface area contributed by atoms with Crippen LogP contribution in [0.2, 0.25) is 0 Å². The van der Waals surface area contributed by atoms with Gasteiger partial charge in [-0.15, -0.1) is 0 Å². The molecular weight excluding hydrogens is 296 g/mol. The van der Waals surface area contributed by atoms with E-state index in [0.29, 0.717) is 12.8 Å². The van der Waals surface area contributed by atoms with Gasteiger partial charge in [0.2, 0.25) is 0 Å². The number of hydrogen-bond donors (Lipinski definition) is 3. The zero-order valence-corrected chi connectivity index (χ0v) is 12.7. The molecule has 0 saturated heterocycles. The van der Waals surface area contributed by atoms with Crippen LogP contribution in [0.25, 0.3) is 0 Å². The zero-order valence-electron chi connectivity index (χ0n) is 12.7. The van der Waals surface area contributed by atoms with Crippen LogP contribution >= 0.6 is 0 Å². The summed E-state index contributed by atoms with van der Waals surface area (Å²) >= 11 is 0. The SMILES string of the molecule is O=C(O)CCC(Cc1cc[nH]c1)NC(=O)OCc1ccccc1. The van der Waals surface area contributed by atoms with Crippen molar-refractivity contribution in [1.29, 1.82) is 0 Å². The summed E-state index contributed by atoms with van der Waals surface area (Å²) in [7, 11) is 0. The van der Waals surface area contributed by atoms with Gasteiger partial charge in [-0.2, -0.15) is 0 Å². The van der Waals surface area contributed by atoms with Crippen LogP contribution in [0.1, 0.15) is 24.0 Å². The summed E-state index contributed by atoms with van der Waals surface area (Å²) < 4.78 is 5.18. The van der Waals surface area contributed by atoms with Gasteiger partial charge in [0.1, 0.15) is 6.61 Å². The number of amides is 1.